The summed E-state index contributed by atoms with van der Waals surface area (Å²) in [5.41, 5.74) is 1.58. The van der Waals surface area contributed by atoms with Crippen molar-refractivity contribution in [3.63, 3.8) is 0 Å². The third-order valence-corrected chi connectivity index (χ3v) is 5.07. The maximum atomic E-state index is 13.0. The number of rotatable bonds is 7. The van der Waals surface area contributed by atoms with Gasteiger partial charge in [0.05, 0.1) is 16.5 Å². The molecule has 0 fully saturated rings. The number of likely N-dealkylation sites (N-methyl/N-ethyl adjacent to an activating group) is 1. The molecular formula is C20H21Cl3N2O2. The number of hydrogen-bond acceptors (Lipinski definition) is 2. The highest BCUT2D eigenvalue weighted by Gasteiger charge is 2.26. The molecule has 0 aromatic heterocycles. The van der Waals surface area contributed by atoms with Crippen molar-refractivity contribution in [2.24, 2.45) is 0 Å². The van der Waals surface area contributed by atoms with Crippen LogP contribution in [0, 0.1) is 0 Å². The molecule has 0 unspecified atom stereocenters. The third kappa shape index (κ3) is 6.13. The second-order valence-corrected chi connectivity index (χ2v) is 7.40. The van der Waals surface area contributed by atoms with Gasteiger partial charge < -0.3 is 10.2 Å². The number of halogens is 3. The van der Waals surface area contributed by atoms with Crippen LogP contribution in [0.25, 0.3) is 0 Å². The summed E-state index contributed by atoms with van der Waals surface area (Å²) in [5, 5.41) is 4.16. The molecule has 7 heteroatoms. The van der Waals surface area contributed by atoms with E-state index in [1.165, 1.54) is 0 Å². The molecule has 2 rings (SSSR count). The van der Waals surface area contributed by atoms with E-state index in [2.05, 4.69) is 5.32 Å². The molecule has 0 saturated carbocycles. The smallest absolute Gasteiger partial charge is 0.242 e. The summed E-state index contributed by atoms with van der Waals surface area (Å²) in [6.07, 6.45) is 0.112. The van der Waals surface area contributed by atoms with Gasteiger partial charge in [-0.2, -0.15) is 0 Å². The van der Waals surface area contributed by atoms with E-state index in [0.717, 1.165) is 11.1 Å². The van der Waals surface area contributed by atoms with Crippen LogP contribution in [0.1, 0.15) is 25.0 Å². The van der Waals surface area contributed by atoms with E-state index in [0.29, 0.717) is 21.6 Å². The maximum Gasteiger partial charge on any atom is 0.242 e. The van der Waals surface area contributed by atoms with Crippen molar-refractivity contribution in [3.05, 3.63) is 68.7 Å². The van der Waals surface area contributed by atoms with Gasteiger partial charge in [0.2, 0.25) is 11.8 Å². The molecule has 27 heavy (non-hydrogen) atoms. The van der Waals surface area contributed by atoms with Crippen LogP contribution in [0.2, 0.25) is 15.1 Å². The minimum Gasteiger partial charge on any atom is -0.355 e. The molecule has 0 bridgehead atoms. The van der Waals surface area contributed by atoms with Gasteiger partial charge in [-0.25, -0.2) is 0 Å². The van der Waals surface area contributed by atoms with Crippen molar-refractivity contribution in [2.45, 2.75) is 32.9 Å². The number of carbonyl (C=O) groups excluding carboxylic acids is 2. The molecule has 0 aliphatic heterocycles. The summed E-state index contributed by atoms with van der Waals surface area (Å²) in [6, 6.07) is 11.7. The highest BCUT2D eigenvalue weighted by Crippen LogP contribution is 2.23. The van der Waals surface area contributed by atoms with Gasteiger partial charge in [-0.15, -0.1) is 0 Å². The van der Waals surface area contributed by atoms with Crippen LogP contribution in [-0.4, -0.2) is 29.3 Å². The number of hydrogen-bond donors (Lipinski definition) is 1. The Morgan fingerprint density at radius 2 is 1.78 bits per heavy atom. The fourth-order valence-corrected chi connectivity index (χ4v) is 3.20. The zero-order chi connectivity index (χ0) is 20.0. The Hall–Kier alpha value is -1.75. The van der Waals surface area contributed by atoms with Gasteiger partial charge in [0, 0.05) is 18.1 Å². The van der Waals surface area contributed by atoms with Gasteiger partial charge in [0.25, 0.3) is 0 Å². The fourth-order valence-electron chi connectivity index (χ4n) is 2.66. The van der Waals surface area contributed by atoms with Crippen molar-refractivity contribution in [2.75, 3.05) is 6.54 Å². The lowest BCUT2D eigenvalue weighted by atomic mass is 10.1. The van der Waals surface area contributed by atoms with E-state index in [-0.39, 0.29) is 24.8 Å². The largest absolute Gasteiger partial charge is 0.355 e. The van der Waals surface area contributed by atoms with Gasteiger partial charge in [-0.3, -0.25) is 9.59 Å². The van der Waals surface area contributed by atoms with Gasteiger partial charge >= 0.3 is 0 Å². The molecule has 0 radical (unpaired) electrons. The molecule has 4 nitrogen and oxygen atoms in total. The topological polar surface area (TPSA) is 49.4 Å². The Kier molecular flexibility index (Phi) is 7.96. The Morgan fingerprint density at radius 3 is 2.41 bits per heavy atom. The van der Waals surface area contributed by atoms with Crippen molar-refractivity contribution < 1.29 is 9.59 Å². The summed E-state index contributed by atoms with van der Waals surface area (Å²) < 4.78 is 0. The van der Waals surface area contributed by atoms with Crippen molar-refractivity contribution in [3.8, 4) is 0 Å². The number of nitrogens with one attached hydrogen (secondary N) is 1. The van der Waals surface area contributed by atoms with Gasteiger partial charge in [0.15, 0.2) is 0 Å². The Bertz CT molecular complexity index is 827. The first kappa shape index (κ1) is 21.5. The highest BCUT2D eigenvalue weighted by atomic mass is 35.5. The normalized spacial score (nSPS) is 11.7. The van der Waals surface area contributed by atoms with Crippen LogP contribution in [0.3, 0.4) is 0 Å². The lowest BCUT2D eigenvalue weighted by Gasteiger charge is -2.29. The van der Waals surface area contributed by atoms with Gasteiger partial charge in [-0.05, 0) is 49.2 Å². The predicted molar refractivity (Wildman–Crippen MR) is 110 cm³/mol. The SMILES string of the molecule is CCNC(=O)[C@H](C)N(Cc1cccc(Cl)c1)C(=O)Cc1ccc(Cl)c(Cl)c1. The predicted octanol–water partition coefficient (Wildman–Crippen LogP) is 4.74. The van der Waals surface area contributed by atoms with Crippen LogP contribution in [0.5, 0.6) is 0 Å². The lowest BCUT2D eigenvalue weighted by molar-refractivity contribution is -0.140. The maximum absolute atomic E-state index is 13.0. The fraction of sp³-hybridized carbons (Fsp3) is 0.300. The minimum absolute atomic E-state index is 0.112. The molecular weight excluding hydrogens is 407 g/mol. The number of amides is 2. The second kappa shape index (κ2) is 9.98. The van der Waals surface area contributed by atoms with Gasteiger partial charge in [0.1, 0.15) is 6.04 Å². The molecule has 1 atom stereocenters. The van der Waals surface area contributed by atoms with Crippen molar-refractivity contribution in [1.29, 1.82) is 0 Å². The van der Waals surface area contributed by atoms with E-state index in [4.69, 9.17) is 34.8 Å². The first-order valence-corrected chi connectivity index (χ1v) is 9.70. The monoisotopic (exact) mass is 426 g/mol. The Labute approximate surface area is 174 Å². The van der Waals surface area contributed by atoms with Crippen LogP contribution in [0.15, 0.2) is 42.5 Å². The van der Waals surface area contributed by atoms with E-state index in [1.54, 1.807) is 42.2 Å². The Morgan fingerprint density at radius 1 is 1.04 bits per heavy atom. The molecule has 2 aromatic carbocycles. The van der Waals surface area contributed by atoms with Crippen molar-refractivity contribution >= 4 is 46.6 Å². The van der Waals surface area contributed by atoms with Gasteiger partial charge in [-0.1, -0.05) is 53.0 Å². The van der Waals surface area contributed by atoms with E-state index < -0.39 is 6.04 Å². The molecule has 0 spiro atoms. The average Bonchev–Trinajstić information content (AvgIpc) is 2.62. The third-order valence-electron chi connectivity index (χ3n) is 4.10. The summed E-state index contributed by atoms with van der Waals surface area (Å²) in [7, 11) is 0. The van der Waals surface area contributed by atoms with Crippen molar-refractivity contribution in [1.82, 2.24) is 10.2 Å². The minimum atomic E-state index is -0.626. The van der Waals surface area contributed by atoms with E-state index in [9.17, 15) is 9.59 Å². The standard InChI is InChI=1S/C20H21Cl3N2O2/c1-3-24-20(27)13(2)25(12-15-5-4-6-16(21)9-15)19(26)11-14-7-8-17(22)18(23)10-14/h4-10,13H,3,11-12H2,1-2H3,(H,24,27)/t13-/m0/s1. The van der Waals surface area contributed by atoms with Crippen LogP contribution >= 0.6 is 34.8 Å². The number of nitrogens with zero attached hydrogens (tertiary/aromatic N) is 1. The average molecular weight is 428 g/mol. The number of carbonyl (C=O) groups is 2. The zero-order valence-electron chi connectivity index (χ0n) is 15.1. The van der Waals surface area contributed by atoms with Crippen LogP contribution < -0.4 is 5.32 Å². The van der Waals surface area contributed by atoms with Crippen LogP contribution in [-0.2, 0) is 22.6 Å². The quantitative estimate of drug-likeness (QED) is 0.693. The zero-order valence-corrected chi connectivity index (χ0v) is 17.4. The molecule has 1 N–H and O–H groups in total. The summed E-state index contributed by atoms with van der Waals surface area (Å²) >= 11 is 18.0. The van der Waals surface area contributed by atoms with Crippen LogP contribution in [0.4, 0.5) is 0 Å². The van der Waals surface area contributed by atoms with E-state index >= 15 is 0 Å². The lowest BCUT2D eigenvalue weighted by Crippen LogP contribution is -2.48. The van der Waals surface area contributed by atoms with E-state index in [1.807, 2.05) is 19.1 Å². The Balaban J connectivity index is 2.25. The molecule has 2 aromatic rings. The first-order chi connectivity index (χ1) is 12.8. The number of benzene rings is 2. The molecule has 0 aliphatic carbocycles. The molecule has 144 valence electrons. The molecule has 2 amide bonds. The summed E-state index contributed by atoms with van der Waals surface area (Å²) in [5.74, 6) is -0.394. The molecule has 0 aliphatic rings. The second-order valence-electron chi connectivity index (χ2n) is 6.15. The highest BCUT2D eigenvalue weighted by molar-refractivity contribution is 6.42. The molecule has 0 heterocycles. The summed E-state index contributed by atoms with van der Waals surface area (Å²) in [6.45, 7) is 4.32. The first-order valence-electron chi connectivity index (χ1n) is 8.57. The molecule has 0 saturated heterocycles. The summed E-state index contributed by atoms with van der Waals surface area (Å²) in [4.78, 5) is 26.9.